The topological polar surface area (TPSA) is 62.1 Å². The van der Waals surface area contributed by atoms with Gasteiger partial charge in [0.15, 0.2) is 6.61 Å². The summed E-state index contributed by atoms with van der Waals surface area (Å²) in [5.41, 5.74) is 0.258. The van der Waals surface area contributed by atoms with Crippen LogP contribution in [-0.2, 0) is 4.79 Å². The number of carbonyl (C=O) groups is 1. The van der Waals surface area contributed by atoms with Crippen LogP contribution in [-0.4, -0.2) is 18.6 Å². The van der Waals surface area contributed by atoms with Crippen molar-refractivity contribution in [3.63, 3.8) is 0 Å². The molecule has 0 aliphatic heterocycles. The number of nitriles is 1. The summed E-state index contributed by atoms with van der Waals surface area (Å²) in [6.45, 7) is -0.0917. The molecule has 0 atom stereocenters. The molecule has 0 spiro atoms. The fourth-order valence-electron chi connectivity index (χ4n) is 1.37. The molecule has 17 heavy (non-hydrogen) atoms. The van der Waals surface area contributed by atoms with Crippen molar-refractivity contribution in [3.8, 4) is 11.8 Å². The normalized spacial score (nSPS) is 13.9. The van der Waals surface area contributed by atoms with Gasteiger partial charge in [0.2, 0.25) is 0 Å². The molecule has 1 fully saturated rings. The molecule has 1 saturated carbocycles. The van der Waals surface area contributed by atoms with Gasteiger partial charge in [0.05, 0.1) is 5.02 Å². The maximum absolute atomic E-state index is 11.4. The Morgan fingerprint density at radius 3 is 3.00 bits per heavy atom. The summed E-state index contributed by atoms with van der Waals surface area (Å²) in [4.78, 5) is 11.4. The van der Waals surface area contributed by atoms with E-state index in [2.05, 4.69) is 5.32 Å². The largest absolute Gasteiger partial charge is 0.482 e. The number of rotatable bonds is 4. The minimum absolute atomic E-state index is 0.0917. The Balaban J connectivity index is 1.96. The van der Waals surface area contributed by atoms with Gasteiger partial charge in [0.25, 0.3) is 5.91 Å². The third kappa shape index (κ3) is 3.11. The lowest BCUT2D eigenvalue weighted by Crippen LogP contribution is -2.30. The summed E-state index contributed by atoms with van der Waals surface area (Å²) in [6.07, 6.45) is 2.07. The lowest BCUT2D eigenvalue weighted by Gasteiger charge is -2.08. The summed E-state index contributed by atoms with van der Waals surface area (Å²) in [5, 5.41) is 12.0. The van der Waals surface area contributed by atoms with E-state index in [4.69, 9.17) is 21.6 Å². The van der Waals surface area contributed by atoms with Crippen molar-refractivity contribution < 1.29 is 9.53 Å². The second-order valence-electron chi connectivity index (χ2n) is 3.86. The first kappa shape index (κ1) is 11.7. The number of halogens is 1. The van der Waals surface area contributed by atoms with Crippen LogP contribution in [0.5, 0.6) is 5.75 Å². The van der Waals surface area contributed by atoms with E-state index in [-0.39, 0.29) is 18.1 Å². The number of nitrogens with zero attached hydrogens (tertiary/aromatic N) is 1. The van der Waals surface area contributed by atoms with E-state index >= 15 is 0 Å². The van der Waals surface area contributed by atoms with Crippen molar-refractivity contribution in [1.29, 1.82) is 5.26 Å². The first-order valence-corrected chi connectivity index (χ1v) is 5.69. The van der Waals surface area contributed by atoms with Gasteiger partial charge in [-0.05, 0) is 25.0 Å². The lowest BCUT2D eigenvalue weighted by molar-refractivity contribution is -0.123. The van der Waals surface area contributed by atoms with Crippen LogP contribution in [0.1, 0.15) is 18.4 Å². The van der Waals surface area contributed by atoms with Crippen molar-refractivity contribution in [3.05, 3.63) is 28.8 Å². The number of amides is 1. The van der Waals surface area contributed by atoms with Crippen LogP contribution in [0.3, 0.4) is 0 Å². The third-order valence-electron chi connectivity index (χ3n) is 2.39. The van der Waals surface area contributed by atoms with Crippen LogP contribution >= 0.6 is 11.6 Å². The van der Waals surface area contributed by atoms with Gasteiger partial charge in [0.1, 0.15) is 17.4 Å². The van der Waals surface area contributed by atoms with E-state index in [9.17, 15) is 4.79 Å². The van der Waals surface area contributed by atoms with E-state index in [0.29, 0.717) is 16.8 Å². The second kappa shape index (κ2) is 5.07. The van der Waals surface area contributed by atoms with Crippen molar-refractivity contribution >= 4 is 17.5 Å². The van der Waals surface area contributed by atoms with Crippen molar-refractivity contribution in [2.45, 2.75) is 18.9 Å². The SMILES string of the molecule is N#Cc1c(Cl)cccc1OCC(=O)NC1CC1. The maximum atomic E-state index is 11.4. The van der Waals surface area contributed by atoms with E-state index < -0.39 is 0 Å². The highest BCUT2D eigenvalue weighted by Gasteiger charge is 2.23. The Bertz CT molecular complexity index is 478. The van der Waals surface area contributed by atoms with Gasteiger partial charge in [-0.3, -0.25) is 4.79 Å². The maximum Gasteiger partial charge on any atom is 0.258 e. The van der Waals surface area contributed by atoms with Crippen LogP contribution in [0.4, 0.5) is 0 Å². The van der Waals surface area contributed by atoms with Gasteiger partial charge >= 0.3 is 0 Å². The molecule has 1 N–H and O–H groups in total. The van der Waals surface area contributed by atoms with Crippen LogP contribution in [0.25, 0.3) is 0 Å². The average molecular weight is 251 g/mol. The number of hydrogen-bond acceptors (Lipinski definition) is 3. The number of nitrogens with one attached hydrogen (secondary N) is 1. The number of ether oxygens (including phenoxy) is 1. The highest BCUT2D eigenvalue weighted by Crippen LogP contribution is 2.25. The molecule has 0 saturated heterocycles. The van der Waals surface area contributed by atoms with Gasteiger partial charge in [-0.1, -0.05) is 17.7 Å². The minimum atomic E-state index is -0.170. The highest BCUT2D eigenvalue weighted by atomic mass is 35.5. The molecule has 0 bridgehead atoms. The van der Waals surface area contributed by atoms with Crippen molar-refractivity contribution in [1.82, 2.24) is 5.32 Å². The molecule has 1 aliphatic carbocycles. The molecule has 1 aromatic rings. The second-order valence-corrected chi connectivity index (χ2v) is 4.26. The Kier molecular flexibility index (Phi) is 3.50. The first-order valence-electron chi connectivity index (χ1n) is 5.31. The molecule has 0 aromatic heterocycles. The Morgan fingerprint density at radius 2 is 2.35 bits per heavy atom. The number of hydrogen-bond donors (Lipinski definition) is 1. The molecule has 1 amide bonds. The fraction of sp³-hybridized carbons (Fsp3) is 0.333. The molecule has 0 unspecified atom stereocenters. The predicted octanol–water partition coefficient (Wildman–Crippen LogP) is 1.87. The van der Waals surface area contributed by atoms with E-state index in [1.165, 1.54) is 0 Å². The zero-order valence-corrected chi connectivity index (χ0v) is 9.83. The van der Waals surface area contributed by atoms with E-state index in [1.807, 2.05) is 6.07 Å². The monoisotopic (exact) mass is 250 g/mol. The molecule has 2 rings (SSSR count). The molecule has 88 valence electrons. The zero-order chi connectivity index (χ0) is 12.3. The molecule has 0 heterocycles. The van der Waals surface area contributed by atoms with Crippen LogP contribution in [0.2, 0.25) is 5.02 Å². The van der Waals surface area contributed by atoms with Crippen LogP contribution < -0.4 is 10.1 Å². The summed E-state index contributed by atoms with van der Waals surface area (Å²) in [7, 11) is 0. The molecular formula is C12H11ClN2O2. The van der Waals surface area contributed by atoms with Crippen LogP contribution in [0.15, 0.2) is 18.2 Å². The molecule has 1 aliphatic rings. The molecular weight excluding hydrogens is 240 g/mol. The average Bonchev–Trinajstić information content (AvgIpc) is 3.10. The first-order chi connectivity index (χ1) is 8.20. The molecule has 1 aromatic carbocycles. The number of carbonyl (C=O) groups excluding carboxylic acids is 1. The van der Waals surface area contributed by atoms with Gasteiger partial charge in [0, 0.05) is 6.04 Å². The smallest absolute Gasteiger partial charge is 0.258 e. The van der Waals surface area contributed by atoms with Crippen molar-refractivity contribution in [2.75, 3.05) is 6.61 Å². The Hall–Kier alpha value is -1.73. The summed E-state index contributed by atoms with van der Waals surface area (Å²) in [6, 6.07) is 7.16. The van der Waals surface area contributed by atoms with E-state index in [0.717, 1.165) is 12.8 Å². The minimum Gasteiger partial charge on any atom is -0.482 e. The molecule has 0 radical (unpaired) electrons. The number of benzene rings is 1. The van der Waals surface area contributed by atoms with Crippen LogP contribution in [0, 0.1) is 11.3 Å². The molecule has 4 nitrogen and oxygen atoms in total. The summed E-state index contributed by atoms with van der Waals surface area (Å²) >= 11 is 5.84. The zero-order valence-electron chi connectivity index (χ0n) is 9.07. The Morgan fingerprint density at radius 1 is 1.59 bits per heavy atom. The molecule has 5 heteroatoms. The fourth-order valence-corrected chi connectivity index (χ4v) is 1.58. The van der Waals surface area contributed by atoms with Crippen molar-refractivity contribution in [2.24, 2.45) is 0 Å². The van der Waals surface area contributed by atoms with E-state index in [1.54, 1.807) is 18.2 Å². The summed E-state index contributed by atoms with van der Waals surface area (Å²) < 4.78 is 5.28. The standard InChI is InChI=1S/C12H11ClN2O2/c13-10-2-1-3-11(9(10)6-14)17-7-12(16)15-8-4-5-8/h1-3,8H,4-5,7H2,(H,15,16). The predicted molar refractivity (Wildman–Crippen MR) is 62.8 cm³/mol. The lowest BCUT2D eigenvalue weighted by atomic mass is 10.2. The highest BCUT2D eigenvalue weighted by molar-refractivity contribution is 6.31. The Labute approximate surface area is 104 Å². The van der Waals surface area contributed by atoms with Gasteiger partial charge in [-0.15, -0.1) is 0 Å². The third-order valence-corrected chi connectivity index (χ3v) is 2.70. The summed E-state index contributed by atoms with van der Waals surface area (Å²) in [5.74, 6) is 0.169. The van der Waals surface area contributed by atoms with Gasteiger partial charge < -0.3 is 10.1 Å². The van der Waals surface area contributed by atoms with Gasteiger partial charge in [-0.2, -0.15) is 5.26 Å². The van der Waals surface area contributed by atoms with Gasteiger partial charge in [-0.25, -0.2) is 0 Å². The quantitative estimate of drug-likeness (QED) is 0.887.